The van der Waals surface area contributed by atoms with Crippen LogP contribution in [0.25, 0.3) is 0 Å². The summed E-state index contributed by atoms with van der Waals surface area (Å²) in [7, 11) is 0. The normalized spacial score (nSPS) is 12.1. The zero-order valence-electron chi connectivity index (χ0n) is 10.1. The van der Waals surface area contributed by atoms with E-state index in [1.165, 1.54) is 25.7 Å². The van der Waals surface area contributed by atoms with E-state index in [1.54, 1.807) is 0 Å². The Kier molecular flexibility index (Phi) is 9.16. The van der Waals surface area contributed by atoms with Crippen molar-refractivity contribution in [2.45, 2.75) is 65.2 Å². The lowest BCUT2D eigenvalue weighted by Crippen LogP contribution is -2.05. The van der Waals surface area contributed by atoms with Gasteiger partial charge in [0.15, 0.2) is 0 Å². The van der Waals surface area contributed by atoms with Gasteiger partial charge in [-0.1, -0.05) is 46.0 Å². The lowest BCUT2D eigenvalue weighted by molar-refractivity contribution is -0.119. The molecule has 2 heteroatoms. The maximum atomic E-state index is 11.2. The van der Waals surface area contributed by atoms with Crippen molar-refractivity contribution in [3.8, 4) is 6.07 Å². The van der Waals surface area contributed by atoms with E-state index in [0.29, 0.717) is 12.8 Å². The molecule has 0 fully saturated rings. The average molecular weight is 209 g/mol. The molecule has 0 N–H and O–H groups in total. The molecule has 0 aromatic carbocycles. The van der Waals surface area contributed by atoms with Crippen LogP contribution in [0.15, 0.2) is 0 Å². The number of carbonyl (C=O) groups is 1. The first kappa shape index (κ1) is 14.2. The van der Waals surface area contributed by atoms with Gasteiger partial charge in [-0.15, -0.1) is 0 Å². The molecule has 0 aromatic heterocycles. The second kappa shape index (κ2) is 9.71. The van der Waals surface area contributed by atoms with Crippen LogP contribution in [-0.2, 0) is 4.79 Å². The molecule has 0 bridgehead atoms. The van der Waals surface area contributed by atoms with Crippen LogP contribution >= 0.6 is 0 Å². The first-order chi connectivity index (χ1) is 7.24. The van der Waals surface area contributed by atoms with Gasteiger partial charge in [0.25, 0.3) is 0 Å². The summed E-state index contributed by atoms with van der Waals surface area (Å²) in [5, 5.41) is 8.87. The first-order valence-electron chi connectivity index (χ1n) is 6.15. The highest BCUT2D eigenvalue weighted by molar-refractivity contribution is 5.78. The van der Waals surface area contributed by atoms with Crippen LogP contribution < -0.4 is 0 Å². The Bertz CT molecular complexity index is 205. The Morgan fingerprint density at radius 1 is 1.20 bits per heavy atom. The van der Waals surface area contributed by atoms with E-state index < -0.39 is 0 Å². The largest absolute Gasteiger partial charge is 0.300 e. The third kappa shape index (κ3) is 8.17. The van der Waals surface area contributed by atoms with Gasteiger partial charge in [0.2, 0.25) is 0 Å². The summed E-state index contributed by atoms with van der Waals surface area (Å²) in [5.41, 5.74) is 0. The Hall–Kier alpha value is -0.840. The molecule has 86 valence electrons. The molecule has 15 heavy (non-hydrogen) atoms. The summed E-state index contributed by atoms with van der Waals surface area (Å²) in [6.45, 7) is 4.05. The molecule has 2 nitrogen and oxygen atoms in total. The Labute approximate surface area is 93.7 Å². The van der Waals surface area contributed by atoms with E-state index >= 15 is 0 Å². The number of unbranched alkanes of at least 4 members (excludes halogenated alkanes) is 4. The fourth-order valence-electron chi connectivity index (χ4n) is 1.63. The minimum atomic E-state index is -0.0425. The number of carbonyl (C=O) groups excluding carboxylic acids is 1. The minimum Gasteiger partial charge on any atom is -0.300 e. The van der Waals surface area contributed by atoms with Crippen molar-refractivity contribution in [2.75, 3.05) is 0 Å². The maximum absolute atomic E-state index is 11.2. The van der Waals surface area contributed by atoms with E-state index in [2.05, 4.69) is 13.0 Å². The van der Waals surface area contributed by atoms with Crippen LogP contribution in [0.2, 0.25) is 0 Å². The van der Waals surface area contributed by atoms with Crippen molar-refractivity contribution in [1.82, 2.24) is 0 Å². The SMILES string of the molecule is CCCCCCCC(C#N)CC(=O)CC. The van der Waals surface area contributed by atoms with Gasteiger partial charge in [0.1, 0.15) is 5.78 Å². The van der Waals surface area contributed by atoms with E-state index in [1.807, 2.05) is 6.92 Å². The zero-order valence-corrected chi connectivity index (χ0v) is 10.1. The number of hydrogen-bond acceptors (Lipinski definition) is 2. The van der Waals surface area contributed by atoms with Gasteiger partial charge in [-0.2, -0.15) is 5.26 Å². The highest BCUT2D eigenvalue weighted by atomic mass is 16.1. The van der Waals surface area contributed by atoms with Crippen molar-refractivity contribution in [1.29, 1.82) is 5.26 Å². The fourth-order valence-corrected chi connectivity index (χ4v) is 1.63. The van der Waals surface area contributed by atoms with E-state index in [9.17, 15) is 4.79 Å². The van der Waals surface area contributed by atoms with Crippen LogP contribution in [0.5, 0.6) is 0 Å². The third-order valence-corrected chi connectivity index (χ3v) is 2.71. The van der Waals surface area contributed by atoms with Crippen molar-refractivity contribution in [2.24, 2.45) is 5.92 Å². The molecular weight excluding hydrogens is 186 g/mol. The molecule has 0 spiro atoms. The third-order valence-electron chi connectivity index (χ3n) is 2.71. The van der Waals surface area contributed by atoms with Crippen LogP contribution in [0.4, 0.5) is 0 Å². The molecule has 1 atom stereocenters. The van der Waals surface area contributed by atoms with Gasteiger partial charge in [-0.3, -0.25) is 4.79 Å². The monoisotopic (exact) mass is 209 g/mol. The summed E-state index contributed by atoms with van der Waals surface area (Å²) in [6.07, 6.45) is 8.00. The standard InChI is InChI=1S/C13H23NO/c1-3-5-6-7-8-9-12(11-14)10-13(15)4-2/h12H,3-10H2,1-2H3. The molecule has 0 aliphatic carbocycles. The van der Waals surface area contributed by atoms with Gasteiger partial charge in [0, 0.05) is 12.8 Å². The minimum absolute atomic E-state index is 0.0425. The highest BCUT2D eigenvalue weighted by Gasteiger charge is 2.11. The zero-order chi connectivity index (χ0) is 11.5. The summed E-state index contributed by atoms with van der Waals surface area (Å²) in [4.78, 5) is 11.2. The molecule has 0 saturated heterocycles. The summed E-state index contributed by atoms with van der Waals surface area (Å²) in [5.74, 6) is 0.175. The summed E-state index contributed by atoms with van der Waals surface area (Å²) in [6, 6.07) is 2.24. The molecule has 0 aliphatic heterocycles. The maximum Gasteiger partial charge on any atom is 0.133 e. The molecule has 0 amide bonds. The molecule has 0 heterocycles. The summed E-state index contributed by atoms with van der Waals surface area (Å²) >= 11 is 0. The second-order valence-electron chi connectivity index (χ2n) is 4.13. The number of rotatable bonds is 9. The number of Topliss-reactive ketones (excluding diaryl/α,β-unsaturated/α-hetero) is 1. The molecule has 0 saturated carbocycles. The van der Waals surface area contributed by atoms with Crippen LogP contribution in [-0.4, -0.2) is 5.78 Å². The van der Waals surface area contributed by atoms with Crippen molar-refractivity contribution >= 4 is 5.78 Å². The predicted octanol–water partition coefficient (Wildman–Crippen LogP) is 3.86. The highest BCUT2D eigenvalue weighted by Crippen LogP contribution is 2.15. The second-order valence-corrected chi connectivity index (χ2v) is 4.13. The fraction of sp³-hybridized carbons (Fsp3) is 0.846. The van der Waals surface area contributed by atoms with Gasteiger partial charge in [-0.25, -0.2) is 0 Å². The molecular formula is C13H23NO. The van der Waals surface area contributed by atoms with Gasteiger partial charge >= 0.3 is 0 Å². The smallest absolute Gasteiger partial charge is 0.133 e. The molecule has 0 rings (SSSR count). The number of hydrogen-bond donors (Lipinski definition) is 0. The predicted molar refractivity (Wildman–Crippen MR) is 62.4 cm³/mol. The van der Waals surface area contributed by atoms with Gasteiger partial charge in [0.05, 0.1) is 12.0 Å². The Morgan fingerprint density at radius 2 is 1.87 bits per heavy atom. The lowest BCUT2D eigenvalue weighted by Gasteiger charge is -2.06. The number of nitrogens with zero attached hydrogens (tertiary/aromatic N) is 1. The van der Waals surface area contributed by atoms with Crippen LogP contribution in [0, 0.1) is 17.2 Å². The lowest BCUT2D eigenvalue weighted by atomic mass is 9.96. The van der Waals surface area contributed by atoms with Crippen molar-refractivity contribution in [3.05, 3.63) is 0 Å². The molecule has 0 radical (unpaired) electrons. The van der Waals surface area contributed by atoms with E-state index in [0.717, 1.165) is 12.8 Å². The number of ketones is 1. The first-order valence-corrected chi connectivity index (χ1v) is 6.15. The van der Waals surface area contributed by atoms with E-state index in [-0.39, 0.29) is 11.7 Å². The topological polar surface area (TPSA) is 40.9 Å². The Balaban J connectivity index is 3.54. The van der Waals surface area contributed by atoms with Gasteiger partial charge in [-0.05, 0) is 6.42 Å². The van der Waals surface area contributed by atoms with Crippen LogP contribution in [0.1, 0.15) is 65.2 Å². The number of nitriles is 1. The molecule has 0 aliphatic rings. The van der Waals surface area contributed by atoms with Crippen molar-refractivity contribution < 1.29 is 4.79 Å². The molecule has 0 aromatic rings. The van der Waals surface area contributed by atoms with E-state index in [4.69, 9.17) is 5.26 Å². The average Bonchev–Trinajstić information content (AvgIpc) is 2.26. The van der Waals surface area contributed by atoms with Gasteiger partial charge < -0.3 is 0 Å². The Morgan fingerprint density at radius 3 is 2.40 bits per heavy atom. The van der Waals surface area contributed by atoms with Crippen molar-refractivity contribution in [3.63, 3.8) is 0 Å². The molecule has 1 unspecified atom stereocenters. The quantitative estimate of drug-likeness (QED) is 0.541. The summed E-state index contributed by atoms with van der Waals surface area (Å²) < 4.78 is 0. The van der Waals surface area contributed by atoms with Crippen LogP contribution in [0.3, 0.4) is 0 Å².